The molecule has 0 heterocycles. The van der Waals surface area contributed by atoms with E-state index >= 15 is 0 Å². The van der Waals surface area contributed by atoms with Crippen LogP contribution < -0.4 is 10.1 Å². The van der Waals surface area contributed by atoms with E-state index in [4.69, 9.17) is 9.47 Å². The molecule has 1 rings (SSSR count). The summed E-state index contributed by atoms with van der Waals surface area (Å²) in [7, 11) is 2.43. The number of ether oxygens (including phenoxy) is 3. The molecule has 0 saturated heterocycles. The fourth-order valence-electron chi connectivity index (χ4n) is 1.32. The number of hydrogen-bond acceptors (Lipinski definition) is 6. The minimum absolute atomic E-state index is 0.237. The summed E-state index contributed by atoms with van der Waals surface area (Å²) in [6.45, 7) is 1.23. The third-order valence-electron chi connectivity index (χ3n) is 2.46. The molecular weight excluding hydrogens is 285 g/mol. The van der Waals surface area contributed by atoms with Gasteiger partial charge in [-0.1, -0.05) is 0 Å². The highest BCUT2D eigenvalue weighted by molar-refractivity contribution is 5.97. The molecule has 1 atom stereocenters. The van der Waals surface area contributed by atoms with E-state index in [1.165, 1.54) is 26.2 Å². The molecule has 21 heavy (non-hydrogen) atoms. The average molecular weight is 299 g/mol. The number of methoxy groups -OCH3 is 2. The molecule has 0 aliphatic carbocycles. The van der Waals surface area contributed by atoms with Crippen molar-refractivity contribution in [2.24, 2.45) is 0 Å². The molecule has 0 fully saturated rings. The van der Waals surface area contributed by atoms with Crippen molar-refractivity contribution in [1.82, 2.24) is 5.32 Å². The predicted molar refractivity (Wildman–Crippen MR) is 68.4 cm³/mol. The van der Waals surface area contributed by atoms with Crippen LogP contribution in [0.5, 0.6) is 5.75 Å². The summed E-state index contributed by atoms with van der Waals surface area (Å²) >= 11 is 0. The molecule has 1 aromatic rings. The number of rotatable bonds is 4. The Morgan fingerprint density at radius 3 is 2.43 bits per heavy atom. The Balaban J connectivity index is 2.72. The maximum atomic E-state index is 13.6. The lowest BCUT2D eigenvalue weighted by atomic mass is 10.2. The van der Waals surface area contributed by atoms with Crippen LogP contribution in [0.4, 0.5) is 9.18 Å². The van der Waals surface area contributed by atoms with E-state index in [0.717, 1.165) is 13.2 Å². The van der Waals surface area contributed by atoms with Crippen LogP contribution in [-0.4, -0.2) is 38.3 Å². The number of carbonyl (C=O) groups excluding carboxylic acids is 3. The maximum absolute atomic E-state index is 13.6. The van der Waals surface area contributed by atoms with Gasteiger partial charge in [0.2, 0.25) is 0 Å². The molecule has 0 aliphatic heterocycles. The minimum Gasteiger partial charge on any atom is -0.497 e. The first kappa shape index (κ1) is 16.4. The van der Waals surface area contributed by atoms with Gasteiger partial charge in [0.25, 0.3) is 5.91 Å². The van der Waals surface area contributed by atoms with Crippen molar-refractivity contribution >= 4 is 18.0 Å². The second-order valence-electron chi connectivity index (χ2n) is 3.87. The van der Waals surface area contributed by atoms with Gasteiger partial charge in [0.05, 0.1) is 19.8 Å². The number of esters is 1. The molecule has 0 aliphatic rings. The Bertz CT molecular complexity index is 560. The summed E-state index contributed by atoms with van der Waals surface area (Å²) in [4.78, 5) is 34.0. The largest absolute Gasteiger partial charge is 0.497 e. The monoisotopic (exact) mass is 299 g/mol. The fraction of sp³-hybridized carbons (Fsp3) is 0.308. The van der Waals surface area contributed by atoms with Crippen molar-refractivity contribution < 1.29 is 33.0 Å². The standard InChI is InChI=1S/C13H14FNO6/c1-7(11(16)15-13(18)20-3)21-12(17)9-5-4-8(19-2)6-10(9)14/h4-7H,1-3H3,(H,15,16,18)/t7-/m1/s1. The molecule has 0 unspecified atom stereocenters. The van der Waals surface area contributed by atoms with Crippen LogP contribution in [-0.2, 0) is 14.3 Å². The van der Waals surface area contributed by atoms with Crippen molar-refractivity contribution in [2.45, 2.75) is 13.0 Å². The lowest BCUT2D eigenvalue weighted by molar-refractivity contribution is -0.128. The Morgan fingerprint density at radius 1 is 1.24 bits per heavy atom. The first-order valence-corrected chi connectivity index (χ1v) is 5.82. The third-order valence-corrected chi connectivity index (χ3v) is 2.46. The Labute approximate surface area is 120 Å². The van der Waals surface area contributed by atoms with Gasteiger partial charge in [-0.2, -0.15) is 0 Å². The molecule has 1 N–H and O–H groups in total. The summed E-state index contributed by atoms with van der Waals surface area (Å²) in [6.07, 6.45) is -2.28. The van der Waals surface area contributed by atoms with Gasteiger partial charge in [-0.15, -0.1) is 0 Å². The lowest BCUT2D eigenvalue weighted by Gasteiger charge is -2.12. The Kier molecular flexibility index (Phi) is 5.65. The first-order chi connectivity index (χ1) is 9.88. The van der Waals surface area contributed by atoms with E-state index in [0.29, 0.717) is 0 Å². The minimum atomic E-state index is -1.29. The van der Waals surface area contributed by atoms with Gasteiger partial charge in [0, 0.05) is 6.07 Å². The topological polar surface area (TPSA) is 90.9 Å². The van der Waals surface area contributed by atoms with Gasteiger partial charge in [0.15, 0.2) is 6.10 Å². The number of nitrogens with one attached hydrogen (secondary N) is 1. The highest BCUT2D eigenvalue weighted by Gasteiger charge is 2.22. The van der Waals surface area contributed by atoms with Crippen molar-refractivity contribution in [2.75, 3.05) is 14.2 Å². The number of alkyl carbamates (subject to hydrolysis) is 1. The zero-order valence-corrected chi connectivity index (χ0v) is 11.6. The van der Waals surface area contributed by atoms with E-state index in [1.807, 2.05) is 5.32 Å². The summed E-state index contributed by atoms with van der Waals surface area (Å²) in [5, 5.41) is 1.83. The number of halogens is 1. The SMILES string of the molecule is COC(=O)NC(=O)[C@@H](C)OC(=O)c1ccc(OC)cc1F. The molecule has 114 valence electrons. The summed E-state index contributed by atoms with van der Waals surface area (Å²) in [5.41, 5.74) is -0.353. The van der Waals surface area contributed by atoms with Gasteiger partial charge < -0.3 is 14.2 Å². The third kappa shape index (κ3) is 4.44. The van der Waals surface area contributed by atoms with E-state index in [9.17, 15) is 18.8 Å². The number of amides is 2. The molecule has 0 aromatic heterocycles. The van der Waals surface area contributed by atoms with Gasteiger partial charge in [-0.25, -0.2) is 14.0 Å². The lowest BCUT2D eigenvalue weighted by Crippen LogP contribution is -2.39. The van der Waals surface area contributed by atoms with E-state index in [1.54, 1.807) is 0 Å². The molecular formula is C13H14FNO6. The Morgan fingerprint density at radius 2 is 1.90 bits per heavy atom. The van der Waals surface area contributed by atoms with Crippen LogP contribution in [0.25, 0.3) is 0 Å². The summed E-state index contributed by atoms with van der Waals surface area (Å²) in [6, 6.07) is 3.55. The van der Waals surface area contributed by atoms with Gasteiger partial charge in [0.1, 0.15) is 11.6 Å². The molecule has 0 bridgehead atoms. The zero-order valence-electron chi connectivity index (χ0n) is 11.6. The number of imide groups is 1. The van der Waals surface area contributed by atoms with E-state index < -0.39 is 29.9 Å². The van der Waals surface area contributed by atoms with Crippen LogP contribution in [0.3, 0.4) is 0 Å². The first-order valence-electron chi connectivity index (χ1n) is 5.82. The number of carbonyl (C=O) groups is 3. The molecule has 0 saturated carbocycles. The van der Waals surface area contributed by atoms with Gasteiger partial charge >= 0.3 is 12.1 Å². The summed E-state index contributed by atoms with van der Waals surface area (Å²) < 4.78 is 27.4. The average Bonchev–Trinajstić information content (AvgIpc) is 2.46. The molecule has 7 nitrogen and oxygen atoms in total. The molecule has 1 aromatic carbocycles. The normalized spacial score (nSPS) is 11.2. The number of benzene rings is 1. The van der Waals surface area contributed by atoms with Crippen molar-refractivity contribution in [3.63, 3.8) is 0 Å². The highest BCUT2D eigenvalue weighted by atomic mass is 19.1. The predicted octanol–water partition coefficient (Wildman–Crippen LogP) is 1.26. The Hall–Kier alpha value is -2.64. The second-order valence-corrected chi connectivity index (χ2v) is 3.87. The summed E-state index contributed by atoms with van der Waals surface area (Å²) in [5.74, 6) is -2.53. The zero-order chi connectivity index (χ0) is 16.0. The van der Waals surface area contributed by atoms with Crippen LogP contribution in [0.1, 0.15) is 17.3 Å². The van der Waals surface area contributed by atoms with E-state index in [2.05, 4.69) is 4.74 Å². The molecule has 0 radical (unpaired) electrons. The van der Waals surface area contributed by atoms with Crippen LogP contribution in [0.2, 0.25) is 0 Å². The van der Waals surface area contributed by atoms with Crippen LogP contribution in [0, 0.1) is 5.82 Å². The van der Waals surface area contributed by atoms with Gasteiger partial charge in [-0.3, -0.25) is 10.1 Å². The smallest absolute Gasteiger partial charge is 0.413 e. The molecule has 0 spiro atoms. The van der Waals surface area contributed by atoms with Crippen LogP contribution >= 0.6 is 0 Å². The van der Waals surface area contributed by atoms with Crippen LogP contribution in [0.15, 0.2) is 18.2 Å². The van der Waals surface area contributed by atoms with Crippen molar-refractivity contribution in [1.29, 1.82) is 0 Å². The maximum Gasteiger partial charge on any atom is 0.413 e. The second kappa shape index (κ2) is 7.22. The molecule has 8 heteroatoms. The van der Waals surface area contributed by atoms with Gasteiger partial charge in [-0.05, 0) is 19.1 Å². The van der Waals surface area contributed by atoms with Crippen molar-refractivity contribution in [3.05, 3.63) is 29.6 Å². The fourth-order valence-corrected chi connectivity index (χ4v) is 1.32. The van der Waals surface area contributed by atoms with Crippen molar-refractivity contribution in [3.8, 4) is 5.75 Å². The van der Waals surface area contributed by atoms with E-state index in [-0.39, 0.29) is 11.3 Å². The quantitative estimate of drug-likeness (QED) is 0.842. The molecule has 2 amide bonds. The number of hydrogen-bond donors (Lipinski definition) is 1. The highest BCUT2D eigenvalue weighted by Crippen LogP contribution is 2.17.